The first kappa shape index (κ1) is 16.3. The fourth-order valence-corrected chi connectivity index (χ4v) is 2.68. The van der Waals surface area contributed by atoms with Crippen molar-refractivity contribution in [2.75, 3.05) is 19.7 Å². The molecule has 1 aliphatic heterocycles. The Bertz CT molecular complexity index is 557. The van der Waals surface area contributed by atoms with E-state index >= 15 is 0 Å². The Labute approximate surface area is 133 Å². The van der Waals surface area contributed by atoms with Gasteiger partial charge in [0.1, 0.15) is 6.61 Å². The molecule has 0 spiro atoms. The monoisotopic (exact) mass is 331 g/mol. The molecule has 2 rings (SSSR count). The van der Waals surface area contributed by atoms with Gasteiger partial charge in [0.25, 0.3) is 0 Å². The van der Waals surface area contributed by atoms with E-state index in [-0.39, 0.29) is 39.7 Å². The van der Waals surface area contributed by atoms with Crippen molar-refractivity contribution in [1.29, 1.82) is 0 Å². The zero-order valence-electron chi connectivity index (χ0n) is 11.4. The minimum atomic E-state index is -0.802. The van der Waals surface area contributed by atoms with Crippen LogP contribution in [0.15, 0.2) is 18.7 Å². The van der Waals surface area contributed by atoms with Crippen molar-refractivity contribution in [2.45, 2.75) is 12.8 Å². The second-order valence-corrected chi connectivity index (χ2v) is 5.64. The quantitative estimate of drug-likeness (QED) is 0.505. The zero-order chi connectivity index (χ0) is 15.4. The molecule has 0 unspecified atom stereocenters. The number of benzene rings is 1. The minimum Gasteiger partial charge on any atom is -0.486 e. The largest absolute Gasteiger partial charge is 0.486 e. The SMILES string of the molecule is C=CCOc1c(C(=O)C2CCNCC2)cc(Cl)c(Cl)c1F. The van der Waals surface area contributed by atoms with E-state index in [0.29, 0.717) is 12.8 Å². The number of Topliss-reactive ketones (excluding diaryl/α,β-unsaturated/α-hetero) is 1. The molecule has 1 fully saturated rings. The molecule has 0 radical (unpaired) electrons. The summed E-state index contributed by atoms with van der Waals surface area (Å²) in [4.78, 5) is 12.6. The van der Waals surface area contributed by atoms with Gasteiger partial charge in [0, 0.05) is 5.92 Å². The van der Waals surface area contributed by atoms with Gasteiger partial charge in [-0.15, -0.1) is 0 Å². The normalized spacial score (nSPS) is 15.8. The summed E-state index contributed by atoms with van der Waals surface area (Å²) in [6.45, 7) is 5.13. The second kappa shape index (κ2) is 7.25. The lowest BCUT2D eigenvalue weighted by Gasteiger charge is -2.22. The van der Waals surface area contributed by atoms with Gasteiger partial charge in [-0.3, -0.25) is 4.79 Å². The standard InChI is InChI=1S/C15H16Cl2FNO2/c1-2-7-21-15-10(8-11(16)12(17)13(15)18)14(20)9-3-5-19-6-4-9/h2,8-9,19H,1,3-7H2. The number of carbonyl (C=O) groups is 1. The molecule has 1 aromatic carbocycles. The van der Waals surface area contributed by atoms with Gasteiger partial charge in [0.05, 0.1) is 15.6 Å². The van der Waals surface area contributed by atoms with Crippen LogP contribution in [0.4, 0.5) is 4.39 Å². The highest BCUT2D eigenvalue weighted by Crippen LogP contribution is 2.37. The third-order valence-electron chi connectivity index (χ3n) is 3.44. The molecule has 1 saturated heterocycles. The topological polar surface area (TPSA) is 38.3 Å². The van der Waals surface area contributed by atoms with Gasteiger partial charge < -0.3 is 10.1 Å². The molecule has 1 aliphatic rings. The van der Waals surface area contributed by atoms with E-state index in [1.807, 2.05) is 0 Å². The van der Waals surface area contributed by atoms with Crippen LogP contribution in [0.1, 0.15) is 23.2 Å². The van der Waals surface area contributed by atoms with Crippen molar-refractivity contribution in [3.8, 4) is 5.75 Å². The number of rotatable bonds is 5. The average molecular weight is 332 g/mol. The van der Waals surface area contributed by atoms with Gasteiger partial charge >= 0.3 is 0 Å². The number of piperidine rings is 1. The Hall–Kier alpha value is -1.10. The fourth-order valence-electron chi connectivity index (χ4n) is 2.35. The molecule has 0 saturated carbocycles. The summed E-state index contributed by atoms with van der Waals surface area (Å²) < 4.78 is 19.5. The first-order valence-corrected chi connectivity index (χ1v) is 7.48. The van der Waals surface area contributed by atoms with Crippen molar-refractivity contribution >= 4 is 29.0 Å². The lowest BCUT2D eigenvalue weighted by Crippen LogP contribution is -2.32. The van der Waals surface area contributed by atoms with Gasteiger partial charge in [-0.05, 0) is 32.0 Å². The fraction of sp³-hybridized carbons (Fsp3) is 0.400. The van der Waals surface area contributed by atoms with Gasteiger partial charge in [-0.1, -0.05) is 35.9 Å². The number of hydrogen-bond acceptors (Lipinski definition) is 3. The summed E-state index contributed by atoms with van der Waals surface area (Å²) in [5.41, 5.74) is 0.149. The van der Waals surface area contributed by atoms with Gasteiger partial charge in [-0.2, -0.15) is 0 Å². The molecule has 6 heteroatoms. The third-order valence-corrected chi connectivity index (χ3v) is 4.20. The van der Waals surface area contributed by atoms with Crippen molar-refractivity contribution in [2.24, 2.45) is 5.92 Å². The molecule has 0 amide bonds. The molecule has 21 heavy (non-hydrogen) atoms. The van der Waals surface area contributed by atoms with E-state index in [9.17, 15) is 9.18 Å². The smallest absolute Gasteiger partial charge is 0.185 e. The highest BCUT2D eigenvalue weighted by atomic mass is 35.5. The van der Waals surface area contributed by atoms with Crippen LogP contribution >= 0.6 is 23.2 Å². The van der Waals surface area contributed by atoms with E-state index < -0.39 is 5.82 Å². The van der Waals surface area contributed by atoms with Crippen LogP contribution in [0.25, 0.3) is 0 Å². The summed E-state index contributed by atoms with van der Waals surface area (Å²) in [6, 6.07) is 1.38. The summed E-state index contributed by atoms with van der Waals surface area (Å²) in [5.74, 6) is -1.27. The molecule has 1 N–H and O–H groups in total. The van der Waals surface area contributed by atoms with Gasteiger partial charge in [0.15, 0.2) is 17.3 Å². The van der Waals surface area contributed by atoms with Crippen LogP contribution < -0.4 is 10.1 Å². The molecular weight excluding hydrogens is 316 g/mol. The number of halogens is 3. The van der Waals surface area contributed by atoms with E-state index in [0.717, 1.165) is 13.1 Å². The van der Waals surface area contributed by atoms with E-state index in [1.165, 1.54) is 12.1 Å². The van der Waals surface area contributed by atoms with E-state index in [2.05, 4.69) is 11.9 Å². The van der Waals surface area contributed by atoms with Crippen molar-refractivity contribution < 1.29 is 13.9 Å². The predicted molar refractivity (Wildman–Crippen MR) is 82.0 cm³/mol. The first-order chi connectivity index (χ1) is 10.1. The van der Waals surface area contributed by atoms with Crippen molar-refractivity contribution in [1.82, 2.24) is 5.32 Å². The average Bonchev–Trinajstić information content (AvgIpc) is 2.51. The summed E-state index contributed by atoms with van der Waals surface area (Å²) in [5, 5.41) is 2.96. The summed E-state index contributed by atoms with van der Waals surface area (Å²) in [7, 11) is 0. The number of carbonyl (C=O) groups excluding carboxylic acids is 1. The third kappa shape index (κ3) is 3.57. The van der Waals surface area contributed by atoms with E-state index in [4.69, 9.17) is 27.9 Å². The molecule has 1 heterocycles. The lowest BCUT2D eigenvalue weighted by atomic mass is 9.89. The number of nitrogens with one attached hydrogen (secondary N) is 1. The van der Waals surface area contributed by atoms with Crippen LogP contribution in [0.5, 0.6) is 5.75 Å². The number of hydrogen-bond donors (Lipinski definition) is 1. The van der Waals surface area contributed by atoms with Crippen molar-refractivity contribution in [3.05, 3.63) is 40.1 Å². The zero-order valence-corrected chi connectivity index (χ0v) is 12.9. The Kier molecular flexibility index (Phi) is 5.62. The molecule has 1 aromatic rings. The molecule has 3 nitrogen and oxygen atoms in total. The molecule has 114 valence electrons. The summed E-state index contributed by atoms with van der Waals surface area (Å²) in [6.07, 6.45) is 2.89. The summed E-state index contributed by atoms with van der Waals surface area (Å²) >= 11 is 11.7. The van der Waals surface area contributed by atoms with Gasteiger partial charge in [0.2, 0.25) is 0 Å². The lowest BCUT2D eigenvalue weighted by molar-refractivity contribution is 0.0890. The predicted octanol–water partition coefficient (Wildman–Crippen LogP) is 3.88. The van der Waals surface area contributed by atoms with Crippen LogP contribution in [-0.2, 0) is 0 Å². The highest BCUT2D eigenvalue weighted by Gasteiger charge is 2.28. The van der Waals surface area contributed by atoms with E-state index in [1.54, 1.807) is 0 Å². The number of ketones is 1. The maximum absolute atomic E-state index is 14.2. The molecular formula is C15H16Cl2FNO2. The maximum Gasteiger partial charge on any atom is 0.185 e. The minimum absolute atomic E-state index is 0.0115. The second-order valence-electron chi connectivity index (χ2n) is 4.85. The molecule has 0 atom stereocenters. The Morgan fingerprint density at radius 2 is 2.14 bits per heavy atom. The Balaban J connectivity index is 2.39. The Morgan fingerprint density at radius 3 is 2.76 bits per heavy atom. The molecule has 0 bridgehead atoms. The van der Waals surface area contributed by atoms with Crippen LogP contribution in [0.3, 0.4) is 0 Å². The Morgan fingerprint density at radius 1 is 1.48 bits per heavy atom. The molecule has 0 aliphatic carbocycles. The maximum atomic E-state index is 14.2. The van der Waals surface area contributed by atoms with Crippen LogP contribution in [0, 0.1) is 11.7 Å². The van der Waals surface area contributed by atoms with Crippen LogP contribution in [0.2, 0.25) is 10.0 Å². The molecule has 0 aromatic heterocycles. The number of ether oxygens (including phenoxy) is 1. The highest BCUT2D eigenvalue weighted by molar-refractivity contribution is 6.42. The van der Waals surface area contributed by atoms with Gasteiger partial charge in [-0.25, -0.2) is 4.39 Å². The van der Waals surface area contributed by atoms with Crippen LogP contribution in [-0.4, -0.2) is 25.5 Å². The first-order valence-electron chi connectivity index (χ1n) is 6.72. The van der Waals surface area contributed by atoms with Crippen molar-refractivity contribution in [3.63, 3.8) is 0 Å².